The first-order valence-corrected chi connectivity index (χ1v) is 10.5. The Morgan fingerprint density at radius 1 is 1.10 bits per heavy atom. The molecule has 2 aromatic carbocycles. The van der Waals surface area contributed by atoms with Crippen LogP contribution in [0.15, 0.2) is 59.1 Å². The van der Waals surface area contributed by atoms with Gasteiger partial charge in [-0.3, -0.25) is 4.79 Å². The van der Waals surface area contributed by atoms with Crippen molar-refractivity contribution in [2.45, 2.75) is 25.4 Å². The van der Waals surface area contributed by atoms with Gasteiger partial charge in [0.2, 0.25) is 5.91 Å². The quantitative estimate of drug-likeness (QED) is 0.507. The maximum Gasteiger partial charge on any atom is 0.248 e. The van der Waals surface area contributed by atoms with Gasteiger partial charge in [0.15, 0.2) is 0 Å². The molecule has 1 aliphatic heterocycles. The van der Waals surface area contributed by atoms with Gasteiger partial charge in [0.1, 0.15) is 6.54 Å². The molecule has 0 aromatic heterocycles. The van der Waals surface area contributed by atoms with Gasteiger partial charge in [-0.1, -0.05) is 40.2 Å². The fraction of sp³-hybridized carbons (Fsp3) is 0.348. The fourth-order valence-corrected chi connectivity index (χ4v) is 3.87. The zero-order valence-electron chi connectivity index (χ0n) is 16.9. The number of nitrogens with one attached hydrogen (secondary N) is 1. The number of quaternary nitrogens is 1. The van der Waals surface area contributed by atoms with Crippen molar-refractivity contribution in [3.8, 4) is 0 Å². The van der Waals surface area contributed by atoms with Gasteiger partial charge in [-0.2, -0.15) is 0 Å². The molecule has 0 bridgehead atoms. The molecular formula is C23H28BrClN2O2. The van der Waals surface area contributed by atoms with Gasteiger partial charge >= 0.3 is 0 Å². The zero-order chi connectivity index (χ0) is 20.0. The molecule has 3 rings (SSSR count). The van der Waals surface area contributed by atoms with Crippen LogP contribution in [0.25, 0.3) is 6.08 Å². The number of rotatable bonds is 6. The van der Waals surface area contributed by atoms with Gasteiger partial charge in [0, 0.05) is 34.6 Å². The van der Waals surface area contributed by atoms with E-state index in [-0.39, 0.29) is 18.3 Å². The summed E-state index contributed by atoms with van der Waals surface area (Å²) in [6.07, 6.45) is 5.60. The first-order chi connectivity index (χ1) is 13.4. The van der Waals surface area contributed by atoms with E-state index in [0.717, 1.165) is 52.8 Å². The van der Waals surface area contributed by atoms with E-state index in [2.05, 4.69) is 47.5 Å². The highest BCUT2D eigenvalue weighted by atomic mass is 79.9. The molecule has 1 N–H and O–H groups in total. The van der Waals surface area contributed by atoms with E-state index in [0.29, 0.717) is 6.04 Å². The summed E-state index contributed by atoms with van der Waals surface area (Å²) in [5, 5.41) is 2.92. The molecule has 1 amide bonds. The highest BCUT2D eigenvalue weighted by Gasteiger charge is 2.30. The van der Waals surface area contributed by atoms with Gasteiger partial charge in [-0.15, -0.1) is 0 Å². The maximum absolute atomic E-state index is 12.2. The summed E-state index contributed by atoms with van der Waals surface area (Å²) in [4.78, 5) is 12.2. The molecule has 2 aromatic rings. The molecule has 0 aliphatic carbocycles. The normalized spacial score (nSPS) is 15.1. The number of benzene rings is 2. The van der Waals surface area contributed by atoms with Gasteiger partial charge in [0.25, 0.3) is 0 Å². The minimum atomic E-state index is -0.131. The molecule has 156 valence electrons. The number of ether oxygens (including phenoxy) is 1. The Kier molecular flexibility index (Phi) is 8.90. The third-order valence-electron chi connectivity index (χ3n) is 5.29. The van der Waals surface area contributed by atoms with Crippen molar-refractivity contribution in [2.75, 3.05) is 32.6 Å². The molecule has 6 heteroatoms. The van der Waals surface area contributed by atoms with Crippen LogP contribution in [0.4, 0.5) is 5.69 Å². The monoisotopic (exact) mass is 478 g/mol. The molecule has 1 saturated heterocycles. The Morgan fingerprint density at radius 2 is 1.72 bits per heavy atom. The molecular weight excluding hydrogens is 452 g/mol. The average Bonchev–Trinajstić information content (AvgIpc) is 2.69. The summed E-state index contributed by atoms with van der Waals surface area (Å²) in [5.41, 5.74) is 3.08. The fourth-order valence-electron chi connectivity index (χ4n) is 3.61. The Balaban J connectivity index is 0.00000300. The molecule has 0 unspecified atom stereocenters. The van der Waals surface area contributed by atoms with E-state index < -0.39 is 0 Å². The summed E-state index contributed by atoms with van der Waals surface area (Å²) < 4.78 is 7.48. The number of amides is 1. The molecule has 4 nitrogen and oxygen atoms in total. The lowest BCUT2D eigenvalue weighted by Crippen LogP contribution is -3.00. The molecule has 0 atom stereocenters. The van der Waals surface area contributed by atoms with E-state index in [4.69, 9.17) is 4.74 Å². The predicted octanol–water partition coefficient (Wildman–Crippen LogP) is 1.86. The van der Waals surface area contributed by atoms with Gasteiger partial charge in [-0.25, -0.2) is 0 Å². The Labute approximate surface area is 188 Å². The zero-order valence-corrected chi connectivity index (χ0v) is 19.2. The Morgan fingerprint density at radius 3 is 2.34 bits per heavy atom. The lowest BCUT2D eigenvalue weighted by Gasteiger charge is -2.40. The van der Waals surface area contributed by atoms with Crippen LogP contribution in [0.3, 0.4) is 0 Å². The predicted molar refractivity (Wildman–Crippen MR) is 118 cm³/mol. The third kappa shape index (κ3) is 7.27. The van der Waals surface area contributed by atoms with Gasteiger partial charge in [0.05, 0.1) is 33.4 Å². The van der Waals surface area contributed by atoms with Crippen molar-refractivity contribution in [3.63, 3.8) is 0 Å². The summed E-state index contributed by atoms with van der Waals surface area (Å²) in [6, 6.07) is 16.6. The van der Waals surface area contributed by atoms with Gasteiger partial charge < -0.3 is 26.9 Å². The molecule has 0 saturated carbocycles. The second-order valence-corrected chi connectivity index (χ2v) is 8.77. The number of carbonyl (C=O) groups excluding carboxylic acids is 1. The molecule has 0 spiro atoms. The second kappa shape index (κ2) is 10.9. The smallest absolute Gasteiger partial charge is 0.248 e. The van der Waals surface area contributed by atoms with Crippen LogP contribution in [0, 0.1) is 0 Å². The Hall–Kier alpha value is -1.66. The first kappa shape index (κ1) is 23.6. The Bertz CT molecular complexity index is 814. The number of nitrogens with zero attached hydrogens (tertiary/aromatic N) is 1. The van der Waals surface area contributed by atoms with Crippen molar-refractivity contribution in [1.29, 1.82) is 0 Å². The second-order valence-electron chi connectivity index (χ2n) is 7.85. The molecule has 1 aliphatic rings. The highest BCUT2D eigenvalue weighted by molar-refractivity contribution is 9.10. The van der Waals surface area contributed by atoms with Crippen molar-refractivity contribution >= 4 is 33.6 Å². The van der Waals surface area contributed by atoms with Crippen LogP contribution in [0.2, 0.25) is 0 Å². The average molecular weight is 480 g/mol. The third-order valence-corrected chi connectivity index (χ3v) is 5.82. The number of carbonyl (C=O) groups is 1. The summed E-state index contributed by atoms with van der Waals surface area (Å²) in [6.45, 7) is 2.71. The summed E-state index contributed by atoms with van der Waals surface area (Å²) >= 11 is 3.41. The number of hydrogen-bond acceptors (Lipinski definition) is 2. The van der Waals surface area contributed by atoms with E-state index in [1.807, 2.05) is 42.5 Å². The van der Waals surface area contributed by atoms with Crippen molar-refractivity contribution in [3.05, 3.63) is 70.2 Å². The minimum absolute atomic E-state index is 0. The lowest BCUT2D eigenvalue weighted by molar-refractivity contribution is -0.929. The van der Waals surface area contributed by atoms with Crippen molar-refractivity contribution in [2.24, 2.45) is 0 Å². The minimum Gasteiger partial charge on any atom is -1.00 e. The number of hydrogen-bond donors (Lipinski definition) is 1. The van der Waals surface area contributed by atoms with Crippen LogP contribution in [-0.4, -0.2) is 43.7 Å². The highest BCUT2D eigenvalue weighted by Crippen LogP contribution is 2.23. The van der Waals surface area contributed by atoms with E-state index in [9.17, 15) is 4.79 Å². The van der Waals surface area contributed by atoms with Crippen LogP contribution < -0.4 is 17.7 Å². The van der Waals surface area contributed by atoms with Crippen molar-refractivity contribution < 1.29 is 26.4 Å². The van der Waals surface area contributed by atoms with Gasteiger partial charge in [-0.05, 0) is 35.9 Å². The summed E-state index contributed by atoms with van der Waals surface area (Å²) in [7, 11) is 4.58. The van der Waals surface area contributed by atoms with E-state index in [1.165, 1.54) is 5.56 Å². The molecule has 0 radical (unpaired) electrons. The lowest BCUT2D eigenvalue weighted by atomic mass is 10.0. The molecule has 1 fully saturated rings. The summed E-state index contributed by atoms with van der Waals surface area (Å²) in [5.74, 6) is -0.131. The topological polar surface area (TPSA) is 38.3 Å². The van der Waals surface area contributed by atoms with E-state index in [1.54, 1.807) is 6.08 Å². The molecule has 1 heterocycles. The first-order valence-electron chi connectivity index (χ1n) is 9.66. The van der Waals surface area contributed by atoms with Crippen LogP contribution >= 0.6 is 15.9 Å². The van der Waals surface area contributed by atoms with Crippen LogP contribution in [-0.2, 0) is 16.1 Å². The maximum atomic E-state index is 12.2. The van der Waals surface area contributed by atoms with Crippen molar-refractivity contribution in [1.82, 2.24) is 0 Å². The standard InChI is InChI=1S/C23H27BrN2O2.ClH/c1-26(2,22-13-15-28-16-14-22)17-19-5-10-21(11-6-19)25-23(27)12-7-18-3-8-20(24)9-4-18;/h3-12,22H,13-17H2,1-2H3;1H/b12-7+;. The van der Waals surface area contributed by atoms with Crippen LogP contribution in [0.1, 0.15) is 24.0 Å². The number of halogens is 2. The van der Waals surface area contributed by atoms with E-state index >= 15 is 0 Å². The van der Waals surface area contributed by atoms with Crippen LogP contribution in [0.5, 0.6) is 0 Å². The molecule has 29 heavy (non-hydrogen) atoms. The largest absolute Gasteiger partial charge is 1.00 e. The number of anilines is 1. The SMILES string of the molecule is C[N+](C)(Cc1ccc(NC(=O)/C=C/c2ccc(Br)cc2)cc1)C1CCOCC1.[Cl-].